The summed E-state index contributed by atoms with van der Waals surface area (Å²) in [7, 11) is 0. The summed E-state index contributed by atoms with van der Waals surface area (Å²) in [5, 5.41) is 6.50. The Hall–Kier alpha value is -3.35. The maximum Gasteiger partial charge on any atom is 0.275 e. The van der Waals surface area contributed by atoms with Crippen LogP contribution in [-0.2, 0) is 0 Å². The fraction of sp³-hybridized carbons (Fsp3) is 0.286. The van der Waals surface area contributed by atoms with Crippen LogP contribution in [0.2, 0.25) is 0 Å². The fourth-order valence-corrected chi connectivity index (χ4v) is 3.39. The van der Waals surface area contributed by atoms with E-state index in [-0.39, 0.29) is 5.91 Å². The number of carbonyl (C=O) groups excluding carboxylic acids is 1. The van der Waals surface area contributed by atoms with Gasteiger partial charge in [-0.05, 0) is 43.7 Å². The average Bonchev–Trinajstić information content (AvgIpc) is 3.13. The summed E-state index contributed by atoms with van der Waals surface area (Å²) in [6.45, 7) is 7.54. The fourth-order valence-electron chi connectivity index (χ4n) is 3.39. The Balaban J connectivity index is 1.41. The second-order valence-corrected chi connectivity index (χ2v) is 6.99. The summed E-state index contributed by atoms with van der Waals surface area (Å²) in [6, 6.07) is 14.0. The van der Waals surface area contributed by atoms with Crippen molar-refractivity contribution >= 4 is 23.1 Å². The molecule has 1 saturated heterocycles. The number of rotatable bonds is 4. The van der Waals surface area contributed by atoms with Crippen LogP contribution in [0.4, 0.5) is 17.2 Å². The quantitative estimate of drug-likeness (QED) is 0.752. The van der Waals surface area contributed by atoms with Crippen LogP contribution in [0.15, 0.2) is 53.2 Å². The van der Waals surface area contributed by atoms with Crippen molar-refractivity contribution in [2.75, 3.05) is 41.3 Å². The van der Waals surface area contributed by atoms with Crippen molar-refractivity contribution in [3.8, 4) is 0 Å². The van der Waals surface area contributed by atoms with Crippen LogP contribution in [0.25, 0.3) is 0 Å². The number of hydrogen-bond donors (Lipinski definition) is 1. The summed E-state index contributed by atoms with van der Waals surface area (Å²) < 4.78 is 4.98. The number of nitrogens with one attached hydrogen (secondary N) is 1. The molecular weight excluding hydrogens is 354 g/mol. The Morgan fingerprint density at radius 2 is 1.71 bits per heavy atom. The molecule has 0 bridgehead atoms. The Kier molecular flexibility index (Phi) is 4.97. The Bertz CT molecular complexity index is 976. The van der Waals surface area contributed by atoms with E-state index in [4.69, 9.17) is 4.52 Å². The van der Waals surface area contributed by atoms with Crippen molar-refractivity contribution in [3.05, 3.63) is 65.7 Å². The molecule has 0 aliphatic carbocycles. The number of hydrogen-bond acceptors (Lipinski definition) is 6. The monoisotopic (exact) mass is 377 g/mol. The first-order valence-electron chi connectivity index (χ1n) is 9.36. The highest BCUT2D eigenvalue weighted by Crippen LogP contribution is 2.22. The van der Waals surface area contributed by atoms with Gasteiger partial charge in [0.25, 0.3) is 5.91 Å². The minimum absolute atomic E-state index is 0.298. The van der Waals surface area contributed by atoms with Crippen LogP contribution < -0.4 is 15.1 Å². The van der Waals surface area contributed by atoms with E-state index < -0.39 is 0 Å². The zero-order valence-corrected chi connectivity index (χ0v) is 16.1. The predicted molar refractivity (Wildman–Crippen MR) is 109 cm³/mol. The molecule has 3 aromatic rings. The largest absolute Gasteiger partial charge is 0.368 e. The number of pyridine rings is 1. The highest BCUT2D eigenvalue weighted by Gasteiger charge is 2.19. The molecule has 0 saturated carbocycles. The van der Waals surface area contributed by atoms with Crippen molar-refractivity contribution in [1.82, 2.24) is 10.1 Å². The van der Waals surface area contributed by atoms with E-state index in [1.165, 1.54) is 11.3 Å². The molecule has 1 aromatic carbocycles. The molecule has 0 spiro atoms. The van der Waals surface area contributed by atoms with Crippen molar-refractivity contribution in [2.24, 2.45) is 0 Å². The van der Waals surface area contributed by atoms with E-state index >= 15 is 0 Å². The van der Waals surface area contributed by atoms with Crippen LogP contribution in [-0.4, -0.2) is 42.2 Å². The molecule has 1 aliphatic rings. The number of aromatic nitrogens is 2. The first-order chi connectivity index (χ1) is 13.6. The van der Waals surface area contributed by atoms with Gasteiger partial charge < -0.3 is 19.6 Å². The van der Waals surface area contributed by atoms with Crippen LogP contribution in [0.3, 0.4) is 0 Å². The highest BCUT2D eigenvalue weighted by molar-refractivity contribution is 6.02. The molecule has 28 heavy (non-hydrogen) atoms. The molecule has 0 atom stereocenters. The lowest BCUT2D eigenvalue weighted by Crippen LogP contribution is -2.46. The highest BCUT2D eigenvalue weighted by atomic mass is 16.5. The van der Waals surface area contributed by atoms with Gasteiger partial charge in [0.05, 0.1) is 0 Å². The van der Waals surface area contributed by atoms with Crippen LogP contribution in [0.5, 0.6) is 0 Å². The second-order valence-electron chi connectivity index (χ2n) is 6.99. The molecule has 0 radical (unpaired) electrons. The number of amides is 1. The van der Waals surface area contributed by atoms with Crippen LogP contribution in [0.1, 0.15) is 21.8 Å². The SMILES string of the molecule is Cc1cccc(N2CCN(c3ccnc(C(=O)Nc4cc(C)on4)c3)CC2)c1. The number of benzene rings is 1. The molecule has 2 aromatic heterocycles. The van der Waals surface area contributed by atoms with Gasteiger partial charge >= 0.3 is 0 Å². The third-order valence-electron chi connectivity index (χ3n) is 4.86. The van der Waals surface area contributed by atoms with Crippen molar-refractivity contribution < 1.29 is 9.32 Å². The van der Waals surface area contributed by atoms with Crippen LogP contribution >= 0.6 is 0 Å². The topological polar surface area (TPSA) is 74.5 Å². The first-order valence-corrected chi connectivity index (χ1v) is 9.36. The Morgan fingerprint density at radius 1 is 1.00 bits per heavy atom. The lowest BCUT2D eigenvalue weighted by Gasteiger charge is -2.37. The van der Waals surface area contributed by atoms with E-state index in [0.29, 0.717) is 17.3 Å². The number of anilines is 3. The molecule has 144 valence electrons. The molecule has 7 heteroatoms. The summed E-state index contributed by atoms with van der Waals surface area (Å²) in [5.41, 5.74) is 3.89. The summed E-state index contributed by atoms with van der Waals surface area (Å²) >= 11 is 0. The maximum absolute atomic E-state index is 12.4. The molecular formula is C21H23N5O2. The van der Waals surface area contributed by atoms with Gasteiger partial charge in [0.1, 0.15) is 11.5 Å². The molecule has 0 unspecified atom stereocenters. The van der Waals surface area contributed by atoms with Gasteiger partial charge in [0.2, 0.25) is 0 Å². The third kappa shape index (κ3) is 3.98. The van der Waals surface area contributed by atoms with Gasteiger partial charge in [-0.3, -0.25) is 9.78 Å². The average molecular weight is 377 g/mol. The number of carbonyl (C=O) groups is 1. The lowest BCUT2D eigenvalue weighted by molar-refractivity contribution is 0.102. The maximum atomic E-state index is 12.4. The standard InChI is InChI=1S/C21H23N5O2/c1-15-4-3-5-17(12-15)25-8-10-26(11-9-25)18-6-7-22-19(14-18)21(27)23-20-13-16(2)28-24-20/h3-7,12-14H,8-11H2,1-2H3,(H,23,24,27). The van der Waals surface area contributed by atoms with Gasteiger partial charge in [-0.2, -0.15) is 0 Å². The zero-order valence-electron chi connectivity index (χ0n) is 16.1. The molecule has 7 nitrogen and oxygen atoms in total. The van der Waals surface area contributed by atoms with Gasteiger partial charge in [0.15, 0.2) is 5.82 Å². The normalized spacial score (nSPS) is 14.2. The van der Waals surface area contributed by atoms with Gasteiger partial charge in [-0.1, -0.05) is 17.3 Å². The summed E-state index contributed by atoms with van der Waals surface area (Å²) in [6.07, 6.45) is 1.67. The van der Waals surface area contributed by atoms with Gasteiger partial charge in [0, 0.05) is 49.8 Å². The third-order valence-corrected chi connectivity index (χ3v) is 4.86. The molecule has 3 heterocycles. The minimum Gasteiger partial charge on any atom is -0.368 e. The minimum atomic E-state index is -0.298. The van der Waals surface area contributed by atoms with E-state index in [1.807, 2.05) is 12.1 Å². The van der Waals surface area contributed by atoms with Gasteiger partial charge in [-0.25, -0.2) is 0 Å². The van der Waals surface area contributed by atoms with Gasteiger partial charge in [-0.15, -0.1) is 0 Å². The van der Waals surface area contributed by atoms with Crippen LogP contribution in [0, 0.1) is 13.8 Å². The molecule has 1 aliphatic heterocycles. The van der Waals surface area contributed by atoms with Crippen molar-refractivity contribution in [3.63, 3.8) is 0 Å². The van der Waals surface area contributed by atoms with Crippen molar-refractivity contribution in [2.45, 2.75) is 13.8 Å². The molecule has 1 N–H and O–H groups in total. The zero-order chi connectivity index (χ0) is 19.5. The predicted octanol–water partition coefficient (Wildman–Crippen LogP) is 3.27. The lowest BCUT2D eigenvalue weighted by atomic mass is 10.2. The Labute approximate surface area is 164 Å². The van der Waals surface area contributed by atoms with E-state index in [0.717, 1.165) is 31.9 Å². The number of piperazine rings is 1. The van der Waals surface area contributed by atoms with Crippen molar-refractivity contribution in [1.29, 1.82) is 0 Å². The summed E-state index contributed by atoms with van der Waals surface area (Å²) in [4.78, 5) is 21.3. The molecule has 4 rings (SSSR count). The number of aryl methyl sites for hydroxylation is 2. The second kappa shape index (κ2) is 7.72. The smallest absolute Gasteiger partial charge is 0.275 e. The number of nitrogens with zero attached hydrogens (tertiary/aromatic N) is 4. The first kappa shape index (κ1) is 18.0. The molecule has 1 fully saturated rings. The summed E-state index contributed by atoms with van der Waals surface area (Å²) in [5.74, 6) is 0.735. The van der Waals surface area contributed by atoms with E-state index in [2.05, 4.69) is 56.4 Å². The molecule has 1 amide bonds. The van der Waals surface area contributed by atoms with E-state index in [1.54, 1.807) is 19.2 Å². The Morgan fingerprint density at radius 3 is 2.36 bits per heavy atom. The van der Waals surface area contributed by atoms with E-state index in [9.17, 15) is 4.79 Å².